The van der Waals surface area contributed by atoms with Gasteiger partial charge in [0.25, 0.3) is 0 Å². The molecule has 0 N–H and O–H groups in total. The van der Waals surface area contributed by atoms with Crippen molar-refractivity contribution >= 4 is 0 Å². The van der Waals surface area contributed by atoms with E-state index in [0.717, 1.165) is 46.3 Å². The fourth-order valence-corrected chi connectivity index (χ4v) is 9.70. The van der Waals surface area contributed by atoms with E-state index in [4.69, 9.17) is 0 Å². The summed E-state index contributed by atoms with van der Waals surface area (Å²) in [7, 11) is 0. The first-order chi connectivity index (χ1) is 10.6. The zero-order valence-electron chi connectivity index (χ0n) is 14.4. The van der Waals surface area contributed by atoms with E-state index in [9.17, 15) is 0 Å². The van der Waals surface area contributed by atoms with Crippen LogP contribution in [0.3, 0.4) is 0 Å². The Bertz CT molecular complexity index is 372. The molecule has 0 spiro atoms. The lowest BCUT2D eigenvalue weighted by Crippen LogP contribution is -2.56. The first-order valence-electron chi connectivity index (χ1n) is 10.5. The van der Waals surface area contributed by atoms with Crippen LogP contribution < -0.4 is 0 Å². The zero-order chi connectivity index (χ0) is 14.5. The Balaban J connectivity index is 1.36. The van der Waals surface area contributed by atoms with E-state index in [1.165, 1.54) is 0 Å². The summed E-state index contributed by atoms with van der Waals surface area (Å²) < 4.78 is 0. The van der Waals surface area contributed by atoms with Crippen molar-refractivity contribution in [2.45, 2.75) is 84.0 Å². The van der Waals surface area contributed by atoms with Crippen LogP contribution in [0.4, 0.5) is 0 Å². The SMILES string of the molecule is C[C+](C12CC3CC(CC(C3)C1)C2)C12CC3CC(CC(C3)C1)C2. The Kier molecular flexibility index (Phi) is 2.45. The van der Waals surface area contributed by atoms with E-state index < -0.39 is 0 Å². The van der Waals surface area contributed by atoms with Gasteiger partial charge in [-0.25, -0.2) is 0 Å². The molecule has 0 aromatic heterocycles. The van der Waals surface area contributed by atoms with Crippen LogP contribution in [0.5, 0.6) is 0 Å². The van der Waals surface area contributed by atoms with E-state index in [2.05, 4.69) is 12.8 Å². The molecule has 0 aromatic carbocycles. The van der Waals surface area contributed by atoms with Crippen LogP contribution in [0.25, 0.3) is 0 Å². The van der Waals surface area contributed by atoms with Gasteiger partial charge in [-0.1, -0.05) is 0 Å². The van der Waals surface area contributed by atoms with Crippen molar-refractivity contribution in [3.63, 3.8) is 0 Å². The lowest BCUT2D eigenvalue weighted by atomic mass is 9.38. The minimum Gasteiger partial charge on any atom is -0.0472 e. The highest BCUT2D eigenvalue weighted by Gasteiger charge is 2.68. The summed E-state index contributed by atoms with van der Waals surface area (Å²) in [5.41, 5.74) is 1.45. The molecule has 0 aliphatic heterocycles. The molecule has 8 fully saturated rings. The van der Waals surface area contributed by atoms with Crippen molar-refractivity contribution in [3.05, 3.63) is 5.92 Å². The number of hydrogen-bond acceptors (Lipinski definition) is 0. The second-order valence-corrected chi connectivity index (χ2v) is 11.0. The Hall–Kier alpha value is -0.130. The maximum Gasteiger partial charge on any atom is 0.111 e. The topological polar surface area (TPSA) is 0 Å². The van der Waals surface area contributed by atoms with Crippen LogP contribution in [0.1, 0.15) is 84.0 Å². The summed E-state index contributed by atoms with van der Waals surface area (Å²) in [6, 6.07) is 0. The zero-order valence-corrected chi connectivity index (χ0v) is 14.4. The van der Waals surface area contributed by atoms with E-state index in [-0.39, 0.29) is 0 Å². The quantitative estimate of drug-likeness (QED) is 0.547. The van der Waals surface area contributed by atoms with E-state index in [0.29, 0.717) is 0 Å². The van der Waals surface area contributed by atoms with E-state index in [1.807, 2.05) is 0 Å². The third-order valence-corrected chi connectivity index (χ3v) is 9.67. The van der Waals surface area contributed by atoms with Gasteiger partial charge in [-0.2, -0.15) is 0 Å². The van der Waals surface area contributed by atoms with Crippen molar-refractivity contribution in [2.75, 3.05) is 0 Å². The van der Waals surface area contributed by atoms with Crippen LogP contribution in [0.15, 0.2) is 0 Å². The predicted octanol–water partition coefficient (Wildman–Crippen LogP) is 6.01. The molecule has 0 heteroatoms. The maximum atomic E-state index is 2.68. The molecule has 8 rings (SSSR count). The molecule has 0 atom stereocenters. The van der Waals surface area contributed by atoms with Crippen molar-refractivity contribution in [1.29, 1.82) is 0 Å². The van der Waals surface area contributed by atoms with Gasteiger partial charge in [0.2, 0.25) is 0 Å². The van der Waals surface area contributed by atoms with Gasteiger partial charge in [-0.15, -0.1) is 0 Å². The molecular formula is C22H33+. The average molecular weight is 298 g/mol. The summed E-state index contributed by atoms with van der Waals surface area (Å²) in [4.78, 5) is 0. The minimum atomic E-state index is 0.723. The normalized spacial score (nSPS) is 61.0. The summed E-state index contributed by atoms with van der Waals surface area (Å²) in [6.45, 7) is 2.68. The molecule has 8 aliphatic carbocycles. The molecule has 0 aromatic rings. The molecule has 22 heavy (non-hydrogen) atoms. The Morgan fingerprint density at radius 1 is 0.500 bits per heavy atom. The van der Waals surface area contributed by atoms with Crippen LogP contribution in [0.2, 0.25) is 0 Å². The minimum absolute atomic E-state index is 0.723. The van der Waals surface area contributed by atoms with Gasteiger partial charge in [0.1, 0.15) is 10.8 Å². The molecule has 120 valence electrons. The van der Waals surface area contributed by atoms with E-state index >= 15 is 0 Å². The third kappa shape index (κ3) is 1.63. The molecule has 0 heterocycles. The molecule has 8 bridgehead atoms. The van der Waals surface area contributed by atoms with E-state index in [1.54, 1.807) is 77.0 Å². The fourth-order valence-electron chi connectivity index (χ4n) is 9.70. The summed E-state index contributed by atoms with van der Waals surface area (Å²) >= 11 is 0. The second kappa shape index (κ2) is 4.09. The smallest absolute Gasteiger partial charge is 0.0472 e. The standard InChI is InChI=1S/C22H33/c1-14(21-8-15-2-16(9-21)4-17(3-15)10-21)22-11-18-5-19(12-22)7-20(6-18)13-22/h15-20H,2-13H2,1H3/q+1. The lowest BCUT2D eigenvalue weighted by Gasteiger charge is -2.61. The number of hydrogen-bond donors (Lipinski definition) is 0. The Morgan fingerprint density at radius 3 is 0.955 bits per heavy atom. The first kappa shape index (κ1) is 13.2. The first-order valence-corrected chi connectivity index (χ1v) is 10.5. The molecule has 0 radical (unpaired) electrons. The van der Waals surface area contributed by atoms with Gasteiger partial charge < -0.3 is 0 Å². The van der Waals surface area contributed by atoms with Crippen molar-refractivity contribution < 1.29 is 0 Å². The van der Waals surface area contributed by atoms with Crippen LogP contribution in [-0.2, 0) is 0 Å². The molecule has 8 saturated carbocycles. The third-order valence-electron chi connectivity index (χ3n) is 9.67. The summed E-state index contributed by atoms with van der Waals surface area (Å²) in [6.07, 6.45) is 19.2. The highest BCUT2D eigenvalue weighted by Crippen LogP contribution is 2.71. The van der Waals surface area contributed by atoms with Gasteiger partial charge in [0.15, 0.2) is 0 Å². The highest BCUT2D eigenvalue weighted by atomic mass is 14.7. The molecule has 0 amide bonds. The lowest BCUT2D eigenvalue weighted by molar-refractivity contribution is -0.103. The fraction of sp³-hybridized carbons (Fsp3) is 0.955. The molecule has 0 saturated heterocycles. The van der Waals surface area contributed by atoms with Gasteiger partial charge in [0.05, 0.1) is 12.8 Å². The van der Waals surface area contributed by atoms with Crippen molar-refractivity contribution in [2.24, 2.45) is 46.3 Å². The molecule has 0 nitrogen and oxygen atoms in total. The number of rotatable bonds is 2. The highest BCUT2D eigenvalue weighted by molar-refractivity contribution is 5.23. The maximum absolute atomic E-state index is 2.68. The van der Waals surface area contributed by atoms with Gasteiger partial charge in [-0.3, -0.25) is 0 Å². The van der Waals surface area contributed by atoms with Crippen LogP contribution in [-0.4, -0.2) is 0 Å². The average Bonchev–Trinajstić information content (AvgIpc) is 2.43. The molecular weight excluding hydrogens is 264 g/mol. The largest absolute Gasteiger partial charge is 0.111 e. The molecule has 0 unspecified atom stereocenters. The molecule has 8 aliphatic rings. The Labute approximate surface area is 136 Å². The second-order valence-electron chi connectivity index (χ2n) is 11.0. The van der Waals surface area contributed by atoms with Crippen LogP contribution >= 0.6 is 0 Å². The Morgan fingerprint density at radius 2 is 0.727 bits per heavy atom. The predicted molar refractivity (Wildman–Crippen MR) is 90.1 cm³/mol. The monoisotopic (exact) mass is 297 g/mol. The van der Waals surface area contributed by atoms with Gasteiger partial charge in [-0.05, 0) is 113 Å². The van der Waals surface area contributed by atoms with Gasteiger partial charge in [0, 0.05) is 0 Å². The summed E-state index contributed by atoms with van der Waals surface area (Å²) in [5, 5.41) is 0. The van der Waals surface area contributed by atoms with Crippen molar-refractivity contribution in [3.8, 4) is 0 Å². The van der Waals surface area contributed by atoms with Crippen LogP contribution in [0, 0.1) is 52.3 Å². The van der Waals surface area contributed by atoms with Gasteiger partial charge >= 0.3 is 0 Å². The summed E-state index contributed by atoms with van der Waals surface area (Å²) in [5.74, 6) is 8.79. The van der Waals surface area contributed by atoms with Crippen molar-refractivity contribution in [1.82, 2.24) is 0 Å².